The van der Waals surface area contributed by atoms with Gasteiger partial charge in [-0.3, -0.25) is 4.79 Å². The molecular weight excluding hydrogens is 368 g/mol. The zero-order valence-electron chi connectivity index (χ0n) is 18.3. The standard InChI is InChI=1S/C24H40O5/c1-13(4-7-21(28)29)16-5-6-17-22-18(12-20(27)24(16,17)3)23(2)9-8-15(25)10-14(23)11-19(22)26/h13-20,22,25-27H,4-12H2,1-3H3,(H,28,29)/t13-,14-,15+,16+,17-,18-,19-,20-,22-,23+,24+/m1/s1. The largest absolute Gasteiger partial charge is 0.481 e. The summed E-state index contributed by atoms with van der Waals surface area (Å²) in [6.45, 7) is 6.72. The van der Waals surface area contributed by atoms with Crippen LogP contribution in [0.1, 0.15) is 78.6 Å². The smallest absolute Gasteiger partial charge is 0.303 e. The van der Waals surface area contributed by atoms with Gasteiger partial charge in [0, 0.05) is 6.42 Å². The third-order valence-corrected chi connectivity index (χ3v) is 10.3. The van der Waals surface area contributed by atoms with E-state index < -0.39 is 12.1 Å². The molecule has 166 valence electrons. The van der Waals surface area contributed by atoms with Gasteiger partial charge < -0.3 is 20.4 Å². The molecule has 0 aliphatic heterocycles. The van der Waals surface area contributed by atoms with E-state index in [0.29, 0.717) is 30.1 Å². The van der Waals surface area contributed by atoms with Crippen LogP contribution in [0.25, 0.3) is 0 Å². The molecule has 4 rings (SSSR count). The molecule has 4 aliphatic carbocycles. The highest BCUT2D eigenvalue weighted by atomic mass is 16.4. The monoisotopic (exact) mass is 408 g/mol. The fraction of sp³-hybridized carbons (Fsp3) is 0.958. The maximum absolute atomic E-state index is 11.5. The quantitative estimate of drug-likeness (QED) is 0.571. The summed E-state index contributed by atoms with van der Waals surface area (Å²) in [7, 11) is 0. The zero-order chi connectivity index (χ0) is 21.1. The van der Waals surface area contributed by atoms with Gasteiger partial charge in [-0.05, 0) is 97.7 Å². The molecule has 0 aromatic heterocycles. The van der Waals surface area contributed by atoms with Crippen molar-refractivity contribution in [2.45, 2.75) is 96.9 Å². The van der Waals surface area contributed by atoms with E-state index in [1.807, 2.05) is 0 Å². The van der Waals surface area contributed by atoms with Crippen LogP contribution in [0.15, 0.2) is 0 Å². The van der Waals surface area contributed by atoms with Gasteiger partial charge in [0.25, 0.3) is 0 Å². The van der Waals surface area contributed by atoms with Crippen molar-refractivity contribution in [3.05, 3.63) is 0 Å². The fourth-order valence-corrected chi connectivity index (χ4v) is 8.68. The number of aliphatic hydroxyl groups is 3. The van der Waals surface area contributed by atoms with Crippen molar-refractivity contribution in [1.82, 2.24) is 0 Å². The molecule has 4 fully saturated rings. The van der Waals surface area contributed by atoms with Gasteiger partial charge in [-0.1, -0.05) is 20.8 Å². The van der Waals surface area contributed by atoms with Gasteiger partial charge in [-0.15, -0.1) is 0 Å². The molecule has 0 saturated heterocycles. The summed E-state index contributed by atoms with van der Waals surface area (Å²) in [4.78, 5) is 11.1. The van der Waals surface area contributed by atoms with Crippen LogP contribution in [-0.2, 0) is 4.79 Å². The van der Waals surface area contributed by atoms with Crippen molar-refractivity contribution in [3.63, 3.8) is 0 Å². The normalized spacial score (nSPS) is 52.9. The van der Waals surface area contributed by atoms with E-state index >= 15 is 0 Å². The van der Waals surface area contributed by atoms with E-state index in [-0.39, 0.29) is 41.3 Å². The lowest BCUT2D eigenvalue weighted by Crippen LogP contribution is -2.62. The average molecular weight is 409 g/mol. The lowest BCUT2D eigenvalue weighted by atomic mass is 9.43. The minimum atomic E-state index is -0.748. The molecule has 0 spiro atoms. The number of hydrogen-bond acceptors (Lipinski definition) is 4. The Bertz CT molecular complexity index is 637. The topological polar surface area (TPSA) is 98.0 Å². The van der Waals surface area contributed by atoms with Crippen LogP contribution in [0.3, 0.4) is 0 Å². The molecule has 0 unspecified atom stereocenters. The van der Waals surface area contributed by atoms with Gasteiger partial charge in [0.05, 0.1) is 18.3 Å². The molecule has 0 amide bonds. The second-order valence-electron chi connectivity index (χ2n) is 11.4. The SMILES string of the molecule is C[C@H](CCC(=O)O)[C@@H]1CC[C@@H]2[C@H]3[C@H](O)C[C@H]4C[C@@H](O)CC[C@]4(C)[C@@H]3C[C@@H](O)[C@]21C. The molecule has 0 aromatic carbocycles. The molecule has 4 aliphatic rings. The number of hydrogen-bond donors (Lipinski definition) is 4. The Morgan fingerprint density at radius 2 is 1.76 bits per heavy atom. The van der Waals surface area contributed by atoms with Crippen molar-refractivity contribution in [3.8, 4) is 0 Å². The molecule has 5 heteroatoms. The first-order valence-corrected chi connectivity index (χ1v) is 11.8. The fourth-order valence-electron chi connectivity index (χ4n) is 8.68. The van der Waals surface area contributed by atoms with Crippen LogP contribution >= 0.6 is 0 Å². The van der Waals surface area contributed by atoms with Crippen LogP contribution in [0.5, 0.6) is 0 Å². The first-order chi connectivity index (χ1) is 13.6. The first-order valence-electron chi connectivity index (χ1n) is 11.8. The van der Waals surface area contributed by atoms with E-state index in [2.05, 4.69) is 20.8 Å². The summed E-state index contributed by atoms with van der Waals surface area (Å²) >= 11 is 0. The van der Waals surface area contributed by atoms with E-state index in [4.69, 9.17) is 5.11 Å². The second-order valence-corrected chi connectivity index (χ2v) is 11.4. The van der Waals surface area contributed by atoms with E-state index in [9.17, 15) is 20.1 Å². The molecule has 4 N–H and O–H groups in total. The van der Waals surface area contributed by atoms with Gasteiger partial charge in [-0.2, -0.15) is 0 Å². The van der Waals surface area contributed by atoms with Crippen LogP contribution < -0.4 is 0 Å². The van der Waals surface area contributed by atoms with Crippen LogP contribution in [0.2, 0.25) is 0 Å². The molecular formula is C24H40O5. The molecule has 29 heavy (non-hydrogen) atoms. The summed E-state index contributed by atoms with van der Waals surface area (Å²) < 4.78 is 0. The number of carboxylic acid groups (broad SMARTS) is 1. The summed E-state index contributed by atoms with van der Waals surface area (Å²) in [5, 5.41) is 42.0. The Balaban J connectivity index is 1.61. The number of aliphatic carboxylic acids is 1. The van der Waals surface area contributed by atoms with E-state index in [1.54, 1.807) is 0 Å². The molecule has 5 nitrogen and oxygen atoms in total. The van der Waals surface area contributed by atoms with Gasteiger partial charge in [0.1, 0.15) is 0 Å². The van der Waals surface area contributed by atoms with Gasteiger partial charge in [0.15, 0.2) is 0 Å². The third-order valence-electron chi connectivity index (χ3n) is 10.3. The summed E-state index contributed by atoms with van der Waals surface area (Å²) in [5.74, 6) is 0.997. The zero-order valence-corrected chi connectivity index (χ0v) is 18.3. The number of aliphatic hydroxyl groups excluding tert-OH is 3. The maximum atomic E-state index is 11.5. The van der Waals surface area contributed by atoms with E-state index in [0.717, 1.165) is 44.9 Å². The van der Waals surface area contributed by atoms with Crippen molar-refractivity contribution in [2.75, 3.05) is 0 Å². The number of rotatable bonds is 4. The lowest BCUT2D eigenvalue weighted by molar-refractivity contribution is -0.207. The average Bonchev–Trinajstić information content (AvgIpc) is 3.01. The third kappa shape index (κ3) is 3.27. The molecule has 0 radical (unpaired) electrons. The predicted octanol–water partition coefficient (Wildman–Crippen LogP) is 3.45. The maximum Gasteiger partial charge on any atom is 0.303 e. The van der Waals surface area contributed by atoms with Crippen molar-refractivity contribution >= 4 is 5.97 Å². The Hall–Kier alpha value is -0.650. The molecule has 4 saturated carbocycles. The van der Waals surface area contributed by atoms with Crippen molar-refractivity contribution in [1.29, 1.82) is 0 Å². The minimum absolute atomic E-state index is 0.0957. The van der Waals surface area contributed by atoms with Crippen molar-refractivity contribution < 1.29 is 25.2 Å². The number of carbonyl (C=O) groups is 1. The minimum Gasteiger partial charge on any atom is -0.481 e. The number of fused-ring (bicyclic) bond motifs is 5. The van der Waals surface area contributed by atoms with Crippen LogP contribution in [0.4, 0.5) is 0 Å². The summed E-state index contributed by atoms with van der Waals surface area (Å²) in [5.41, 5.74) is -0.143. The highest BCUT2D eigenvalue weighted by molar-refractivity contribution is 5.66. The van der Waals surface area contributed by atoms with Crippen molar-refractivity contribution in [2.24, 2.45) is 46.3 Å². The Morgan fingerprint density at radius 3 is 2.45 bits per heavy atom. The number of carboxylic acids is 1. The second kappa shape index (κ2) is 7.49. The van der Waals surface area contributed by atoms with Crippen LogP contribution in [0, 0.1) is 46.3 Å². The lowest BCUT2D eigenvalue weighted by Gasteiger charge is -2.63. The van der Waals surface area contributed by atoms with Gasteiger partial charge in [-0.25, -0.2) is 0 Å². The van der Waals surface area contributed by atoms with Gasteiger partial charge in [0.2, 0.25) is 0 Å². The summed E-state index contributed by atoms with van der Waals surface area (Å²) in [6, 6.07) is 0. The Labute approximate surface area is 174 Å². The molecule has 0 aromatic rings. The Morgan fingerprint density at radius 1 is 1.03 bits per heavy atom. The Kier molecular flexibility index (Phi) is 5.57. The predicted molar refractivity (Wildman–Crippen MR) is 110 cm³/mol. The van der Waals surface area contributed by atoms with E-state index in [1.165, 1.54) is 0 Å². The first kappa shape index (κ1) is 21.6. The highest BCUT2D eigenvalue weighted by Crippen LogP contribution is 2.68. The highest BCUT2D eigenvalue weighted by Gasteiger charge is 2.65. The summed E-state index contributed by atoms with van der Waals surface area (Å²) in [6.07, 6.45) is 6.00. The molecule has 0 heterocycles. The molecule has 0 bridgehead atoms. The van der Waals surface area contributed by atoms with Crippen LogP contribution in [-0.4, -0.2) is 44.7 Å². The van der Waals surface area contributed by atoms with Gasteiger partial charge >= 0.3 is 5.97 Å². The molecule has 11 atom stereocenters.